The normalized spacial score (nSPS) is 12.3. The van der Waals surface area contributed by atoms with Crippen LogP contribution < -0.4 is 0 Å². The fourth-order valence-electron chi connectivity index (χ4n) is 3.02. The molecule has 0 unspecified atom stereocenters. The molecule has 0 heterocycles. The van der Waals surface area contributed by atoms with E-state index >= 15 is 0 Å². The molecule has 36 heavy (non-hydrogen) atoms. The van der Waals surface area contributed by atoms with Gasteiger partial charge in [0.25, 0.3) is 20.2 Å². The van der Waals surface area contributed by atoms with Gasteiger partial charge in [0.1, 0.15) is 12.0 Å². The van der Waals surface area contributed by atoms with Crippen molar-refractivity contribution in [3.8, 4) is 0 Å². The molecule has 0 spiro atoms. The molecule has 0 atom stereocenters. The summed E-state index contributed by atoms with van der Waals surface area (Å²) in [7, 11) is -8.47. The van der Waals surface area contributed by atoms with Crippen LogP contribution in [0.2, 0.25) is 0 Å². The van der Waals surface area contributed by atoms with Crippen molar-refractivity contribution in [3.05, 3.63) is 95.6 Å². The van der Waals surface area contributed by atoms with E-state index in [1.807, 2.05) is 19.9 Å². The highest BCUT2D eigenvalue weighted by Gasteiger charge is 2.40. The monoisotopic (exact) mass is 532 g/mol. The summed E-state index contributed by atoms with van der Waals surface area (Å²) in [6.07, 6.45) is 0. The average Bonchev–Trinajstić information content (AvgIpc) is 2.86. The van der Waals surface area contributed by atoms with E-state index in [-0.39, 0.29) is 16.4 Å². The molecular weight excluding hydrogens is 504 g/mol. The van der Waals surface area contributed by atoms with Crippen molar-refractivity contribution in [2.24, 2.45) is 5.41 Å². The molecule has 3 rings (SSSR count). The van der Waals surface area contributed by atoms with Crippen LogP contribution in [0.15, 0.2) is 88.7 Å². The van der Waals surface area contributed by atoms with Gasteiger partial charge in [-0.1, -0.05) is 65.7 Å². The van der Waals surface area contributed by atoms with Crippen LogP contribution in [-0.4, -0.2) is 36.0 Å². The summed E-state index contributed by atoms with van der Waals surface area (Å²) in [6.45, 7) is 3.46. The maximum absolute atomic E-state index is 13.1. The number of esters is 1. The quantitative estimate of drug-likeness (QED) is 0.267. The van der Waals surface area contributed by atoms with Crippen molar-refractivity contribution in [3.63, 3.8) is 0 Å². The molecule has 0 aromatic heterocycles. The summed E-state index contributed by atoms with van der Waals surface area (Å²) in [4.78, 5) is 12.9. The molecule has 0 saturated heterocycles. The van der Waals surface area contributed by atoms with Crippen LogP contribution in [0, 0.1) is 19.3 Å². The Labute approximate surface area is 212 Å². The van der Waals surface area contributed by atoms with Crippen LogP contribution in [-0.2, 0) is 44.7 Å². The highest BCUT2D eigenvalue weighted by molar-refractivity contribution is 7.87. The largest absolute Gasteiger partial charge is 0.460 e. The van der Waals surface area contributed by atoms with E-state index in [0.717, 1.165) is 11.1 Å². The zero-order valence-corrected chi connectivity index (χ0v) is 21.8. The summed E-state index contributed by atoms with van der Waals surface area (Å²) < 4.78 is 66.6. The van der Waals surface area contributed by atoms with Crippen LogP contribution in [0.3, 0.4) is 0 Å². The second-order valence-electron chi connectivity index (χ2n) is 8.68. The second-order valence-corrected chi connectivity index (χ2v) is 11.9. The van der Waals surface area contributed by atoms with Crippen LogP contribution in [0.1, 0.15) is 23.6 Å². The number of aryl methyl sites for hydroxylation is 2. The molecule has 0 aliphatic rings. The molecule has 0 aliphatic carbocycles. The Hall–Kier alpha value is -3.05. The van der Waals surface area contributed by atoms with Gasteiger partial charge in [-0.25, -0.2) is 0 Å². The molecule has 0 saturated carbocycles. The SMILES string of the molecule is Cc1ccc(S(=O)(=O)OCC(C)(COS(=O)(=O)c2ccc(C)cc2)C(=O)OCc2ccccc2)cc1. The summed E-state index contributed by atoms with van der Waals surface area (Å²) >= 11 is 0. The lowest BCUT2D eigenvalue weighted by molar-refractivity contribution is -0.160. The number of ether oxygens (including phenoxy) is 1. The molecule has 0 amide bonds. The van der Waals surface area contributed by atoms with Gasteiger partial charge in [0.15, 0.2) is 0 Å². The number of carbonyl (C=O) groups is 1. The predicted molar refractivity (Wildman–Crippen MR) is 133 cm³/mol. The third-order valence-electron chi connectivity index (χ3n) is 5.39. The number of carbonyl (C=O) groups excluding carboxylic acids is 1. The summed E-state index contributed by atoms with van der Waals surface area (Å²) in [6, 6.07) is 20.8. The van der Waals surface area contributed by atoms with Gasteiger partial charge in [-0.05, 0) is 50.6 Å². The molecule has 8 nitrogen and oxygen atoms in total. The topological polar surface area (TPSA) is 113 Å². The minimum atomic E-state index is -4.23. The van der Waals surface area contributed by atoms with E-state index in [9.17, 15) is 21.6 Å². The first-order chi connectivity index (χ1) is 16.9. The molecule has 0 radical (unpaired) electrons. The third-order valence-corrected chi connectivity index (χ3v) is 7.95. The van der Waals surface area contributed by atoms with E-state index in [2.05, 4.69) is 0 Å². The first-order valence-corrected chi connectivity index (χ1v) is 13.9. The van der Waals surface area contributed by atoms with Gasteiger partial charge in [0, 0.05) is 0 Å². The lowest BCUT2D eigenvalue weighted by Gasteiger charge is -2.26. The van der Waals surface area contributed by atoms with Crippen LogP contribution in [0.4, 0.5) is 0 Å². The first-order valence-electron chi connectivity index (χ1n) is 11.0. The minimum absolute atomic E-state index is 0.0926. The Balaban J connectivity index is 1.80. The lowest BCUT2D eigenvalue weighted by Crippen LogP contribution is -2.40. The molecule has 3 aromatic carbocycles. The van der Waals surface area contributed by atoms with Gasteiger partial charge in [-0.3, -0.25) is 13.2 Å². The van der Waals surface area contributed by atoms with Crippen LogP contribution in [0.25, 0.3) is 0 Å². The van der Waals surface area contributed by atoms with Gasteiger partial charge in [0.05, 0.1) is 23.0 Å². The standard InChI is InChI=1S/C26H28O8S2/c1-20-9-13-23(14-10-20)35(28,29)33-18-26(3,25(27)32-17-22-7-5-4-6-8-22)19-34-36(30,31)24-15-11-21(2)12-16-24/h4-16H,17-19H2,1-3H3. The Bertz CT molecular complexity index is 1300. The Morgan fingerprint density at radius 2 is 1.11 bits per heavy atom. The molecule has 192 valence electrons. The van der Waals surface area contributed by atoms with Crippen molar-refractivity contribution in [1.82, 2.24) is 0 Å². The zero-order valence-electron chi connectivity index (χ0n) is 20.2. The molecule has 3 aromatic rings. The number of hydrogen-bond acceptors (Lipinski definition) is 8. The smallest absolute Gasteiger partial charge is 0.316 e. The zero-order chi connectivity index (χ0) is 26.4. The van der Waals surface area contributed by atoms with Gasteiger partial charge in [-0.2, -0.15) is 16.8 Å². The van der Waals surface area contributed by atoms with E-state index in [0.29, 0.717) is 5.56 Å². The number of hydrogen-bond donors (Lipinski definition) is 0. The highest BCUT2D eigenvalue weighted by Crippen LogP contribution is 2.26. The van der Waals surface area contributed by atoms with Crippen molar-refractivity contribution in [1.29, 1.82) is 0 Å². The van der Waals surface area contributed by atoms with Gasteiger partial charge in [-0.15, -0.1) is 0 Å². The molecule has 0 N–H and O–H groups in total. The Morgan fingerprint density at radius 1 is 0.694 bits per heavy atom. The van der Waals surface area contributed by atoms with Crippen molar-refractivity contribution in [2.75, 3.05) is 13.2 Å². The van der Waals surface area contributed by atoms with Crippen molar-refractivity contribution >= 4 is 26.2 Å². The van der Waals surface area contributed by atoms with Crippen LogP contribution in [0.5, 0.6) is 0 Å². The third kappa shape index (κ3) is 7.23. The fraction of sp³-hybridized carbons (Fsp3) is 0.269. The van der Waals surface area contributed by atoms with Crippen LogP contribution >= 0.6 is 0 Å². The fourth-order valence-corrected chi connectivity index (χ4v) is 5.06. The van der Waals surface area contributed by atoms with E-state index < -0.39 is 44.8 Å². The van der Waals surface area contributed by atoms with E-state index in [1.54, 1.807) is 48.5 Å². The van der Waals surface area contributed by atoms with E-state index in [1.165, 1.54) is 31.2 Å². The van der Waals surface area contributed by atoms with E-state index in [4.69, 9.17) is 13.1 Å². The van der Waals surface area contributed by atoms with Gasteiger partial charge < -0.3 is 4.74 Å². The predicted octanol–water partition coefficient (Wildman–Crippen LogP) is 4.16. The minimum Gasteiger partial charge on any atom is -0.460 e. The summed E-state index contributed by atoms with van der Waals surface area (Å²) in [5, 5.41) is 0. The molecule has 0 bridgehead atoms. The second kappa shape index (κ2) is 11.3. The Kier molecular flexibility index (Phi) is 8.67. The number of rotatable bonds is 11. The Morgan fingerprint density at radius 3 is 1.53 bits per heavy atom. The van der Waals surface area contributed by atoms with Gasteiger partial charge >= 0.3 is 5.97 Å². The number of benzene rings is 3. The molecular formula is C26H28O8S2. The highest BCUT2D eigenvalue weighted by atomic mass is 32.2. The summed E-state index contributed by atoms with van der Waals surface area (Å²) in [5.41, 5.74) is 0.662. The average molecular weight is 533 g/mol. The first kappa shape index (κ1) is 27.5. The van der Waals surface area contributed by atoms with Crippen molar-refractivity contribution in [2.45, 2.75) is 37.2 Å². The molecule has 10 heteroatoms. The molecule has 0 aliphatic heterocycles. The van der Waals surface area contributed by atoms with Gasteiger partial charge in [0.2, 0.25) is 0 Å². The molecule has 0 fully saturated rings. The van der Waals surface area contributed by atoms with Crippen molar-refractivity contribution < 1.29 is 34.7 Å². The maximum Gasteiger partial charge on any atom is 0.316 e. The maximum atomic E-state index is 13.1. The lowest BCUT2D eigenvalue weighted by atomic mass is 9.93. The summed E-state index contributed by atoms with van der Waals surface area (Å²) in [5.74, 6) is -0.871.